The topological polar surface area (TPSA) is 169 Å². The van der Waals surface area contributed by atoms with Crippen molar-refractivity contribution in [3.63, 3.8) is 0 Å². The minimum absolute atomic E-state index is 0.0466. The molecule has 408 valence electrons. The number of amides is 4. The number of carbonyl (C=O) groups excluding carboxylic acids is 6. The second kappa shape index (κ2) is 44.7. The fraction of sp³-hybridized carbons (Fsp3) is 0.797. The van der Waals surface area contributed by atoms with Gasteiger partial charge in [-0.05, 0) is 52.0 Å². The first kappa shape index (κ1) is 65.1. The van der Waals surface area contributed by atoms with Gasteiger partial charge in [-0.3, -0.25) is 24.0 Å². The molecule has 2 atom stereocenters. The van der Waals surface area contributed by atoms with Crippen LogP contribution in [0.15, 0.2) is 30.3 Å². The van der Waals surface area contributed by atoms with Crippen LogP contribution in [0.3, 0.4) is 0 Å². The van der Waals surface area contributed by atoms with Gasteiger partial charge in [-0.2, -0.15) is 0 Å². The summed E-state index contributed by atoms with van der Waals surface area (Å²) in [6, 6.07) is 6.64. The molecule has 71 heavy (non-hydrogen) atoms. The first-order valence-corrected chi connectivity index (χ1v) is 28.9. The standard InChI is InChI=1S/C59H104N4O8/c1-6-8-10-12-14-16-18-20-22-24-26-28-32-39-45-60-54(65)47-51(57(68)61-46-40-33-29-27-25-23-21-19-17-15-13-11-9-7-2)62-55(66)48-52(58(69)70-49-50-41-35-34-36-42-50)63-53(64)43-37-30-31-38-44-56(67)71-59(3,4)5/h34-36,41-42,51-52H,6-33,37-40,43-49H2,1-5H3,(H,60,65)(H,61,68)(H,62,66)(H,63,64)/t51-,52-/m0/s1. The van der Waals surface area contributed by atoms with Gasteiger partial charge in [0.15, 0.2) is 0 Å². The molecule has 4 amide bonds. The quantitative estimate of drug-likeness (QED) is 0.0369. The third-order valence-electron chi connectivity index (χ3n) is 12.9. The lowest BCUT2D eigenvalue weighted by atomic mass is 10.0. The third kappa shape index (κ3) is 41.2. The summed E-state index contributed by atoms with van der Waals surface area (Å²) in [6.07, 6.45) is 36.9. The Morgan fingerprint density at radius 2 is 0.845 bits per heavy atom. The summed E-state index contributed by atoms with van der Waals surface area (Å²) in [5.74, 6) is -2.91. The summed E-state index contributed by atoms with van der Waals surface area (Å²) < 4.78 is 10.9. The van der Waals surface area contributed by atoms with E-state index in [9.17, 15) is 28.8 Å². The second-order valence-electron chi connectivity index (χ2n) is 21.1. The zero-order valence-electron chi connectivity index (χ0n) is 45.9. The van der Waals surface area contributed by atoms with Crippen LogP contribution < -0.4 is 21.3 Å². The summed E-state index contributed by atoms with van der Waals surface area (Å²) in [6.45, 7) is 10.9. The van der Waals surface area contributed by atoms with Crippen molar-refractivity contribution in [1.82, 2.24) is 21.3 Å². The van der Waals surface area contributed by atoms with Crippen molar-refractivity contribution in [3.05, 3.63) is 35.9 Å². The van der Waals surface area contributed by atoms with Gasteiger partial charge in [-0.1, -0.05) is 224 Å². The molecular formula is C59H104N4O8. The molecule has 0 aliphatic carbocycles. The molecule has 1 aromatic carbocycles. The number of unbranched alkanes of at least 4 members (excludes halogenated alkanes) is 29. The molecule has 0 aromatic heterocycles. The molecule has 0 aliphatic heterocycles. The number of hydrogen-bond acceptors (Lipinski definition) is 8. The van der Waals surface area contributed by atoms with Gasteiger partial charge < -0.3 is 30.7 Å². The Labute approximate surface area is 432 Å². The summed E-state index contributed by atoms with van der Waals surface area (Å²) in [5, 5.41) is 11.3. The predicted molar refractivity (Wildman–Crippen MR) is 290 cm³/mol. The molecule has 0 saturated carbocycles. The number of esters is 2. The first-order valence-electron chi connectivity index (χ1n) is 28.9. The van der Waals surface area contributed by atoms with E-state index in [1.54, 1.807) is 0 Å². The molecule has 0 aliphatic rings. The van der Waals surface area contributed by atoms with E-state index in [4.69, 9.17) is 9.47 Å². The van der Waals surface area contributed by atoms with Gasteiger partial charge in [0.2, 0.25) is 23.6 Å². The Balaban J connectivity index is 2.75. The zero-order valence-corrected chi connectivity index (χ0v) is 45.9. The van der Waals surface area contributed by atoms with E-state index in [0.29, 0.717) is 38.8 Å². The largest absolute Gasteiger partial charge is 0.460 e. The highest BCUT2D eigenvalue weighted by Gasteiger charge is 2.29. The van der Waals surface area contributed by atoms with Crippen molar-refractivity contribution in [2.45, 2.75) is 290 Å². The Kier molecular flexibility index (Phi) is 41.0. The van der Waals surface area contributed by atoms with Crippen LogP contribution in [0.2, 0.25) is 0 Å². The number of rotatable bonds is 47. The second-order valence-corrected chi connectivity index (χ2v) is 21.1. The lowest BCUT2D eigenvalue weighted by Crippen LogP contribution is -2.51. The van der Waals surface area contributed by atoms with Crippen molar-refractivity contribution < 1.29 is 38.2 Å². The average Bonchev–Trinajstić information content (AvgIpc) is 3.33. The molecule has 0 unspecified atom stereocenters. The minimum atomic E-state index is -1.31. The van der Waals surface area contributed by atoms with Gasteiger partial charge in [-0.25, -0.2) is 4.79 Å². The normalized spacial score (nSPS) is 12.2. The summed E-state index contributed by atoms with van der Waals surface area (Å²) >= 11 is 0. The van der Waals surface area contributed by atoms with E-state index >= 15 is 0 Å². The van der Waals surface area contributed by atoms with Crippen LogP contribution in [0, 0.1) is 0 Å². The summed E-state index contributed by atoms with van der Waals surface area (Å²) in [7, 11) is 0. The minimum Gasteiger partial charge on any atom is -0.460 e. The monoisotopic (exact) mass is 997 g/mol. The molecule has 12 heteroatoms. The van der Waals surface area contributed by atoms with Crippen LogP contribution in [0.4, 0.5) is 0 Å². The van der Waals surface area contributed by atoms with Crippen LogP contribution in [0.25, 0.3) is 0 Å². The molecule has 1 rings (SSSR count). The number of nitrogens with one attached hydrogen (secondary N) is 4. The smallest absolute Gasteiger partial charge is 0.329 e. The molecule has 0 bridgehead atoms. The summed E-state index contributed by atoms with van der Waals surface area (Å²) in [4.78, 5) is 79.2. The number of ether oxygens (including phenoxy) is 2. The highest BCUT2D eigenvalue weighted by Crippen LogP contribution is 2.16. The van der Waals surface area contributed by atoms with Gasteiger partial charge >= 0.3 is 11.9 Å². The lowest BCUT2D eigenvalue weighted by molar-refractivity contribution is -0.155. The molecule has 0 fully saturated rings. The first-order chi connectivity index (χ1) is 34.3. The molecule has 1 aromatic rings. The van der Waals surface area contributed by atoms with E-state index in [0.717, 1.165) is 50.5 Å². The fourth-order valence-electron chi connectivity index (χ4n) is 8.70. The van der Waals surface area contributed by atoms with Crippen molar-refractivity contribution in [1.29, 1.82) is 0 Å². The molecule has 0 saturated heterocycles. The number of hydrogen-bond donors (Lipinski definition) is 4. The predicted octanol–water partition coefficient (Wildman–Crippen LogP) is 13.4. The maximum absolute atomic E-state index is 13.7. The van der Waals surface area contributed by atoms with E-state index in [1.807, 2.05) is 51.1 Å². The van der Waals surface area contributed by atoms with Gasteiger partial charge in [0.25, 0.3) is 0 Å². The van der Waals surface area contributed by atoms with E-state index in [-0.39, 0.29) is 31.3 Å². The zero-order chi connectivity index (χ0) is 52.1. The van der Waals surface area contributed by atoms with Crippen LogP contribution in [-0.2, 0) is 44.8 Å². The molecular weight excluding hydrogens is 893 g/mol. The van der Waals surface area contributed by atoms with E-state index in [2.05, 4.69) is 35.1 Å². The maximum Gasteiger partial charge on any atom is 0.329 e. The van der Waals surface area contributed by atoms with Crippen molar-refractivity contribution in [3.8, 4) is 0 Å². The van der Waals surface area contributed by atoms with Crippen molar-refractivity contribution >= 4 is 35.6 Å². The van der Waals surface area contributed by atoms with E-state index < -0.39 is 47.8 Å². The fourth-order valence-corrected chi connectivity index (χ4v) is 8.70. The van der Waals surface area contributed by atoms with Crippen LogP contribution in [0.5, 0.6) is 0 Å². The average molecular weight is 998 g/mol. The Morgan fingerprint density at radius 3 is 1.31 bits per heavy atom. The SMILES string of the molecule is CCCCCCCCCCCCCCCCNC(=O)C[C@H](NC(=O)C[C@H](NC(=O)CCCCCCC(=O)OC(C)(C)C)C(=O)OCc1ccccc1)C(=O)NCCCCCCCCCCCCCCCC. The molecule has 4 N–H and O–H groups in total. The van der Waals surface area contributed by atoms with Crippen molar-refractivity contribution in [2.24, 2.45) is 0 Å². The Hall–Kier alpha value is -3.96. The highest BCUT2D eigenvalue weighted by atomic mass is 16.6. The summed E-state index contributed by atoms with van der Waals surface area (Å²) in [5.41, 5.74) is 0.209. The van der Waals surface area contributed by atoms with Gasteiger partial charge in [0, 0.05) is 25.9 Å². The van der Waals surface area contributed by atoms with Crippen molar-refractivity contribution in [2.75, 3.05) is 13.1 Å². The van der Waals surface area contributed by atoms with Gasteiger partial charge in [-0.15, -0.1) is 0 Å². The Bertz CT molecular complexity index is 1520. The lowest BCUT2D eigenvalue weighted by Gasteiger charge is -2.21. The molecule has 0 spiro atoms. The number of carbonyl (C=O) groups is 6. The molecule has 12 nitrogen and oxygen atoms in total. The Morgan fingerprint density at radius 1 is 0.451 bits per heavy atom. The molecule has 0 heterocycles. The van der Waals surface area contributed by atoms with Gasteiger partial charge in [0.05, 0.1) is 12.8 Å². The molecule has 0 radical (unpaired) electrons. The number of benzene rings is 1. The van der Waals surface area contributed by atoms with Crippen LogP contribution >= 0.6 is 0 Å². The van der Waals surface area contributed by atoms with Gasteiger partial charge in [0.1, 0.15) is 24.3 Å². The van der Waals surface area contributed by atoms with Crippen LogP contribution in [0.1, 0.15) is 271 Å². The highest BCUT2D eigenvalue weighted by molar-refractivity contribution is 5.94. The van der Waals surface area contributed by atoms with Crippen LogP contribution in [-0.4, -0.2) is 66.3 Å². The third-order valence-corrected chi connectivity index (χ3v) is 12.9. The maximum atomic E-state index is 13.7. The van der Waals surface area contributed by atoms with E-state index in [1.165, 1.54) is 141 Å².